The van der Waals surface area contributed by atoms with E-state index in [9.17, 15) is 0 Å². The molecule has 9 aromatic carbocycles. The van der Waals surface area contributed by atoms with Crippen molar-refractivity contribution in [2.75, 3.05) is 0 Å². The number of rotatable bonds is 7. The van der Waals surface area contributed by atoms with Crippen LogP contribution in [0.1, 0.15) is 22.3 Å². The average molecular weight is 791 g/mol. The molecule has 0 atom stereocenters. The topological polar surface area (TPSA) is 38.9 Å². The number of furan rings is 1. The summed E-state index contributed by atoms with van der Waals surface area (Å²) < 4.78 is 6.37. The Morgan fingerprint density at radius 1 is 0.323 bits per heavy atom. The van der Waals surface area contributed by atoms with Gasteiger partial charge in [0.25, 0.3) is 0 Å². The van der Waals surface area contributed by atoms with E-state index in [1.54, 1.807) is 0 Å². The monoisotopic (exact) mass is 790 g/mol. The molecule has 0 saturated heterocycles. The number of para-hydroxylation sites is 1. The third-order valence-electron chi connectivity index (χ3n) is 12.6. The summed E-state index contributed by atoms with van der Waals surface area (Å²) in [6.45, 7) is 0. The van der Waals surface area contributed by atoms with Crippen LogP contribution in [0.5, 0.6) is 0 Å². The van der Waals surface area contributed by atoms with Gasteiger partial charge in [-0.1, -0.05) is 188 Å². The maximum Gasteiger partial charge on any atom is 0.160 e. The van der Waals surface area contributed by atoms with Gasteiger partial charge in [-0.05, 0) is 98.1 Å². The second kappa shape index (κ2) is 14.5. The molecule has 0 spiro atoms. The van der Waals surface area contributed by atoms with Crippen molar-refractivity contribution < 1.29 is 4.42 Å². The van der Waals surface area contributed by atoms with E-state index in [1.165, 1.54) is 33.4 Å². The van der Waals surface area contributed by atoms with E-state index < -0.39 is 5.41 Å². The van der Waals surface area contributed by atoms with Gasteiger partial charge in [-0.2, -0.15) is 0 Å². The molecule has 0 amide bonds. The summed E-state index contributed by atoms with van der Waals surface area (Å²) in [6.07, 6.45) is 0. The first-order chi connectivity index (χ1) is 30.7. The lowest BCUT2D eigenvalue weighted by atomic mass is 9.67. The van der Waals surface area contributed by atoms with Crippen LogP contribution in [0.25, 0.3) is 89.2 Å². The molecule has 1 aliphatic rings. The third kappa shape index (κ3) is 5.74. The number of hydrogen-bond donors (Lipinski definition) is 0. The molecule has 290 valence electrons. The largest absolute Gasteiger partial charge is 0.456 e. The van der Waals surface area contributed by atoms with Gasteiger partial charge in [-0.25, -0.2) is 9.97 Å². The van der Waals surface area contributed by atoms with Gasteiger partial charge in [0.15, 0.2) is 5.82 Å². The van der Waals surface area contributed by atoms with Gasteiger partial charge in [0, 0.05) is 27.5 Å². The van der Waals surface area contributed by atoms with Crippen molar-refractivity contribution in [2.45, 2.75) is 5.41 Å². The van der Waals surface area contributed by atoms with E-state index >= 15 is 0 Å². The van der Waals surface area contributed by atoms with Gasteiger partial charge >= 0.3 is 0 Å². The van der Waals surface area contributed by atoms with Gasteiger partial charge in [0.2, 0.25) is 0 Å². The number of hydrogen-bond acceptors (Lipinski definition) is 3. The fraction of sp³-hybridized carbons (Fsp3) is 0.0169. The summed E-state index contributed by atoms with van der Waals surface area (Å²) in [4.78, 5) is 10.7. The van der Waals surface area contributed by atoms with Crippen LogP contribution in [0, 0.1) is 0 Å². The van der Waals surface area contributed by atoms with Crippen LogP contribution < -0.4 is 0 Å². The molecule has 62 heavy (non-hydrogen) atoms. The first kappa shape index (κ1) is 35.8. The Bertz CT molecular complexity index is 3410. The Labute approximate surface area is 360 Å². The molecule has 2 aromatic heterocycles. The minimum Gasteiger partial charge on any atom is -0.456 e. The van der Waals surface area contributed by atoms with Crippen LogP contribution in [0.2, 0.25) is 0 Å². The molecular formula is C59H38N2O. The molecule has 11 aromatic rings. The maximum atomic E-state index is 6.37. The minimum atomic E-state index is -0.476. The summed E-state index contributed by atoms with van der Waals surface area (Å²) in [5, 5.41) is 2.20. The highest BCUT2D eigenvalue weighted by molar-refractivity contribution is 6.12. The Morgan fingerprint density at radius 2 is 0.871 bits per heavy atom. The predicted octanol–water partition coefficient (Wildman–Crippen LogP) is 15.1. The molecule has 0 fully saturated rings. The van der Waals surface area contributed by atoms with Crippen molar-refractivity contribution in [1.29, 1.82) is 0 Å². The normalized spacial score (nSPS) is 12.6. The van der Waals surface area contributed by atoms with E-state index in [0.717, 1.165) is 72.3 Å². The molecule has 3 nitrogen and oxygen atoms in total. The van der Waals surface area contributed by atoms with Crippen molar-refractivity contribution in [3.8, 4) is 67.3 Å². The van der Waals surface area contributed by atoms with Gasteiger partial charge in [0.05, 0.1) is 16.8 Å². The zero-order valence-corrected chi connectivity index (χ0v) is 33.7. The molecule has 1 aliphatic carbocycles. The molecule has 2 heterocycles. The highest BCUT2D eigenvalue weighted by Gasteiger charge is 2.46. The van der Waals surface area contributed by atoms with Gasteiger partial charge in [-0.3, -0.25) is 0 Å². The minimum absolute atomic E-state index is 0.476. The fourth-order valence-corrected chi connectivity index (χ4v) is 9.81. The van der Waals surface area contributed by atoms with E-state index in [2.05, 4.69) is 200 Å². The molecule has 0 aliphatic heterocycles. The Kier molecular flexibility index (Phi) is 8.39. The molecule has 0 N–H and O–H groups in total. The van der Waals surface area contributed by atoms with Crippen LogP contribution in [0.3, 0.4) is 0 Å². The molecule has 0 radical (unpaired) electrons. The zero-order valence-electron chi connectivity index (χ0n) is 33.7. The lowest BCUT2D eigenvalue weighted by Crippen LogP contribution is -2.28. The summed E-state index contributed by atoms with van der Waals surface area (Å²) in [6, 6.07) is 82.2. The predicted molar refractivity (Wildman–Crippen MR) is 254 cm³/mol. The van der Waals surface area contributed by atoms with Crippen molar-refractivity contribution in [3.05, 3.63) is 253 Å². The third-order valence-corrected chi connectivity index (χ3v) is 12.6. The number of aromatic nitrogens is 2. The van der Waals surface area contributed by atoms with E-state index in [1.807, 2.05) is 30.3 Å². The van der Waals surface area contributed by atoms with Crippen LogP contribution in [-0.4, -0.2) is 9.97 Å². The Hall–Kier alpha value is -8.14. The zero-order chi connectivity index (χ0) is 41.0. The lowest BCUT2D eigenvalue weighted by molar-refractivity contribution is 0.669. The van der Waals surface area contributed by atoms with Gasteiger partial charge in [0.1, 0.15) is 11.2 Å². The quantitative estimate of drug-likeness (QED) is 0.161. The standard InChI is InChI=1S/C59H38N2O/c1-5-18-39(19-6-1)42-34-43(47-28-17-31-56-57(47)49-27-14-16-30-55(49)62-56)36-44(35-42)54-38-53(60-58(61-54)40-20-7-2-8-21-40)41-32-33-52-50(37-41)48-26-13-15-29-51(48)59(52,45-22-9-3-10-23-45)46-24-11-4-12-25-46/h1-38H. The summed E-state index contributed by atoms with van der Waals surface area (Å²) in [5.41, 5.74) is 17.9. The highest BCUT2D eigenvalue weighted by Crippen LogP contribution is 2.56. The maximum absolute atomic E-state index is 6.37. The van der Waals surface area contributed by atoms with Gasteiger partial charge < -0.3 is 4.42 Å². The van der Waals surface area contributed by atoms with Crippen LogP contribution >= 0.6 is 0 Å². The summed E-state index contributed by atoms with van der Waals surface area (Å²) >= 11 is 0. The molecule has 0 bridgehead atoms. The van der Waals surface area contributed by atoms with Crippen LogP contribution in [-0.2, 0) is 5.41 Å². The van der Waals surface area contributed by atoms with Crippen molar-refractivity contribution in [2.24, 2.45) is 0 Å². The van der Waals surface area contributed by atoms with E-state index in [-0.39, 0.29) is 0 Å². The number of benzene rings is 9. The van der Waals surface area contributed by atoms with Gasteiger partial charge in [-0.15, -0.1) is 0 Å². The van der Waals surface area contributed by atoms with E-state index in [4.69, 9.17) is 14.4 Å². The Balaban J connectivity index is 1.08. The summed E-state index contributed by atoms with van der Waals surface area (Å²) in [7, 11) is 0. The first-order valence-corrected chi connectivity index (χ1v) is 21.1. The molecule has 0 unspecified atom stereocenters. The lowest BCUT2D eigenvalue weighted by Gasteiger charge is -2.33. The first-order valence-electron chi connectivity index (χ1n) is 21.1. The smallest absolute Gasteiger partial charge is 0.160 e. The fourth-order valence-electron chi connectivity index (χ4n) is 9.81. The second-order valence-corrected chi connectivity index (χ2v) is 16.1. The number of fused-ring (bicyclic) bond motifs is 6. The molecule has 0 saturated carbocycles. The molecular weight excluding hydrogens is 753 g/mol. The average Bonchev–Trinajstić information content (AvgIpc) is 3.89. The molecule has 3 heteroatoms. The van der Waals surface area contributed by atoms with Crippen molar-refractivity contribution >= 4 is 21.9 Å². The Morgan fingerprint density at radius 3 is 1.61 bits per heavy atom. The highest BCUT2D eigenvalue weighted by atomic mass is 16.3. The van der Waals surface area contributed by atoms with Crippen molar-refractivity contribution in [3.63, 3.8) is 0 Å². The second-order valence-electron chi connectivity index (χ2n) is 16.1. The van der Waals surface area contributed by atoms with Crippen LogP contribution in [0.4, 0.5) is 0 Å². The van der Waals surface area contributed by atoms with Crippen molar-refractivity contribution in [1.82, 2.24) is 9.97 Å². The molecule has 12 rings (SSSR count). The number of nitrogens with zero attached hydrogens (tertiary/aromatic N) is 2. The van der Waals surface area contributed by atoms with E-state index in [0.29, 0.717) is 5.82 Å². The summed E-state index contributed by atoms with van der Waals surface area (Å²) in [5.74, 6) is 0.677. The van der Waals surface area contributed by atoms with Crippen LogP contribution in [0.15, 0.2) is 235 Å². The SMILES string of the molecule is c1ccc(-c2cc(-c3cc(-c4ccc5c(c4)-c4ccccc4C5(c4ccccc4)c4ccccc4)nc(-c4ccccc4)n3)cc(-c3cccc4oc5ccccc5c34)c2)cc1.